The Morgan fingerprint density at radius 3 is 1.59 bits per heavy atom. The minimum atomic E-state index is -0.954. The quantitative estimate of drug-likeness (QED) is 0.156. The molecular formula is C40H24O. The second kappa shape index (κ2) is 8.55. The number of rotatable bonds is 2. The molecule has 0 saturated carbocycles. The SMILES string of the molecule is [2H]c1c([2H])c([2H])c2c(oc3c([2H])c(-c4c5c([2H])c([2H])c([2H])c([2H])c5c(-c5c([2H])c6c([2H])c([2H])c([2H])c([2H])c6c6c([2H])c([2H])c([2H])c([2H])c56)c5c([2H])c([2H])c([2H])c([2H])c45)c([2H])c([2H])c32)c1[2H]. The van der Waals surface area contributed by atoms with E-state index in [4.69, 9.17) is 25.0 Å². The lowest BCUT2D eigenvalue weighted by atomic mass is 9.84. The maximum absolute atomic E-state index is 9.73. The van der Waals surface area contributed by atoms with Crippen LogP contribution in [-0.2, 0) is 0 Å². The van der Waals surface area contributed by atoms with E-state index in [1.807, 2.05) is 0 Å². The van der Waals surface area contributed by atoms with Crippen molar-refractivity contribution >= 4 is 65.0 Å². The predicted molar refractivity (Wildman–Crippen MR) is 175 cm³/mol. The van der Waals surface area contributed by atoms with E-state index in [1.54, 1.807) is 0 Å². The fourth-order valence-corrected chi connectivity index (χ4v) is 5.20. The molecule has 9 aromatic rings. The zero-order chi connectivity index (χ0) is 47.8. The van der Waals surface area contributed by atoms with Crippen LogP contribution in [0.25, 0.3) is 87.3 Å². The van der Waals surface area contributed by atoms with Gasteiger partial charge in [0.05, 0.1) is 32.9 Å². The summed E-state index contributed by atoms with van der Waals surface area (Å²) in [4.78, 5) is 0. The molecule has 0 spiro atoms. The molecule has 0 radical (unpaired) electrons. The molecule has 1 heteroatoms. The molecular weight excluding hydrogens is 496 g/mol. The summed E-state index contributed by atoms with van der Waals surface area (Å²) >= 11 is 0. The van der Waals surface area contributed by atoms with Gasteiger partial charge in [0, 0.05) is 10.8 Å². The average molecular weight is 545 g/mol. The smallest absolute Gasteiger partial charge is 0.136 e. The summed E-state index contributed by atoms with van der Waals surface area (Å²) in [5, 5.41) is -5.76. The molecule has 0 aliphatic carbocycles. The highest BCUT2D eigenvalue weighted by molar-refractivity contribution is 6.26. The molecule has 190 valence electrons. The Balaban J connectivity index is 1.68. The maximum atomic E-state index is 9.73. The standard InChI is InChI=1S/C40H24O/c1-2-12-27-25(11-1)23-36(29-14-4-3-13-28(27)29)40-34-18-7-5-16-32(34)39(33-17-6-8-19-35(33)40)26-21-22-31-30-15-9-10-20-37(30)41-38(31)24-26/h1-24H/i1D,2D,3D,4D,5D,6D,7D,8D,9D,10D,11D,12D,13D,14D,15D,16D,17D,18D,19D,20D,21D,22D,23D,24D. The minimum Gasteiger partial charge on any atom is -0.456 e. The highest BCUT2D eigenvalue weighted by Crippen LogP contribution is 2.47. The molecule has 8 aromatic carbocycles. The van der Waals surface area contributed by atoms with Crippen molar-refractivity contribution in [2.75, 3.05) is 0 Å². The van der Waals surface area contributed by atoms with E-state index < -0.39 is 227 Å². The van der Waals surface area contributed by atoms with Crippen LogP contribution in [0.15, 0.2) is 149 Å². The van der Waals surface area contributed by atoms with Crippen LogP contribution in [0, 0.1) is 0 Å². The molecule has 41 heavy (non-hydrogen) atoms. The van der Waals surface area contributed by atoms with E-state index in [2.05, 4.69) is 0 Å². The van der Waals surface area contributed by atoms with Gasteiger partial charge < -0.3 is 4.42 Å². The van der Waals surface area contributed by atoms with Gasteiger partial charge in [-0.15, -0.1) is 0 Å². The molecule has 1 aromatic heterocycles. The van der Waals surface area contributed by atoms with Gasteiger partial charge in [0.1, 0.15) is 11.2 Å². The van der Waals surface area contributed by atoms with E-state index in [9.17, 15) is 12.3 Å². The zero-order valence-electron chi connectivity index (χ0n) is 44.4. The fourth-order valence-electron chi connectivity index (χ4n) is 5.20. The maximum Gasteiger partial charge on any atom is 0.136 e. The Morgan fingerprint density at radius 2 is 0.878 bits per heavy atom. The first-order valence-corrected chi connectivity index (χ1v) is 12.2. The molecule has 0 bridgehead atoms. The summed E-state index contributed by atoms with van der Waals surface area (Å²) in [7, 11) is 0. The van der Waals surface area contributed by atoms with Gasteiger partial charge in [-0.3, -0.25) is 0 Å². The van der Waals surface area contributed by atoms with Crippen molar-refractivity contribution < 1.29 is 37.3 Å². The number of furan rings is 1. The Morgan fingerprint density at radius 1 is 0.366 bits per heavy atom. The molecule has 1 heterocycles. The van der Waals surface area contributed by atoms with Crippen LogP contribution in [0.4, 0.5) is 0 Å². The molecule has 1 nitrogen and oxygen atoms in total. The van der Waals surface area contributed by atoms with Gasteiger partial charge in [-0.2, -0.15) is 0 Å². The van der Waals surface area contributed by atoms with Crippen molar-refractivity contribution in [3.8, 4) is 22.3 Å². The number of hydrogen-bond acceptors (Lipinski definition) is 1. The number of para-hydroxylation sites is 1. The molecule has 0 aliphatic rings. The molecule has 0 atom stereocenters. The fraction of sp³-hybridized carbons (Fsp3) is 0. The largest absolute Gasteiger partial charge is 0.456 e. The van der Waals surface area contributed by atoms with Crippen LogP contribution in [0.1, 0.15) is 32.9 Å². The first-order valence-electron chi connectivity index (χ1n) is 24.2. The van der Waals surface area contributed by atoms with Gasteiger partial charge in [0.15, 0.2) is 0 Å². The monoisotopic (exact) mass is 544 g/mol. The third-order valence-corrected chi connectivity index (χ3v) is 6.89. The van der Waals surface area contributed by atoms with E-state index in [-0.39, 0.29) is 5.39 Å². The number of benzene rings is 8. The van der Waals surface area contributed by atoms with Crippen LogP contribution in [0.2, 0.25) is 0 Å². The van der Waals surface area contributed by atoms with Crippen molar-refractivity contribution in [3.63, 3.8) is 0 Å². The molecule has 9 rings (SSSR count). The number of fused-ring (bicyclic) bond motifs is 8. The summed E-state index contributed by atoms with van der Waals surface area (Å²) in [5.41, 5.74) is -3.79. The topological polar surface area (TPSA) is 13.1 Å². The Kier molecular flexibility index (Phi) is 1.94. The van der Waals surface area contributed by atoms with Gasteiger partial charge in [-0.25, -0.2) is 0 Å². The van der Waals surface area contributed by atoms with Crippen molar-refractivity contribution in [2.24, 2.45) is 0 Å². The van der Waals surface area contributed by atoms with Crippen LogP contribution >= 0.6 is 0 Å². The van der Waals surface area contributed by atoms with Crippen LogP contribution in [0.5, 0.6) is 0 Å². The second-order valence-electron chi connectivity index (χ2n) is 9.01. The molecule has 0 saturated heterocycles. The summed E-state index contributed by atoms with van der Waals surface area (Å²) in [6, 6.07) is -20.7. The first-order chi connectivity index (χ1) is 30.3. The number of hydrogen-bond donors (Lipinski definition) is 0. The lowest BCUT2D eigenvalue weighted by Gasteiger charge is -2.19. The van der Waals surface area contributed by atoms with Gasteiger partial charge in [-0.05, 0) is 89.5 Å². The summed E-state index contributed by atoms with van der Waals surface area (Å²) in [6.07, 6.45) is 0. The van der Waals surface area contributed by atoms with Gasteiger partial charge in [0.25, 0.3) is 0 Å². The Labute approximate surface area is 270 Å². The Hall–Kier alpha value is -5.40. The second-order valence-corrected chi connectivity index (χ2v) is 9.01. The summed E-state index contributed by atoms with van der Waals surface area (Å²) in [5.74, 6) is 0. The lowest BCUT2D eigenvalue weighted by Crippen LogP contribution is -1.92. The van der Waals surface area contributed by atoms with E-state index in [0.717, 1.165) is 0 Å². The lowest BCUT2D eigenvalue weighted by molar-refractivity contribution is 0.669. The third-order valence-electron chi connectivity index (χ3n) is 6.89. The predicted octanol–water partition coefficient (Wildman–Crippen LogP) is 11.5. The van der Waals surface area contributed by atoms with Crippen molar-refractivity contribution in [1.82, 2.24) is 0 Å². The van der Waals surface area contributed by atoms with Gasteiger partial charge in [-0.1, -0.05) is 121 Å². The van der Waals surface area contributed by atoms with Gasteiger partial charge >= 0.3 is 0 Å². The summed E-state index contributed by atoms with van der Waals surface area (Å²) in [6.45, 7) is 0. The van der Waals surface area contributed by atoms with Crippen molar-refractivity contribution in [1.29, 1.82) is 0 Å². The normalized spacial score (nSPS) is 20.1. The molecule has 0 amide bonds. The highest BCUT2D eigenvalue weighted by atomic mass is 16.3. The molecule has 0 N–H and O–H groups in total. The zero-order valence-corrected chi connectivity index (χ0v) is 20.4. The Bertz CT molecular complexity index is 3740. The van der Waals surface area contributed by atoms with E-state index >= 15 is 0 Å². The third kappa shape index (κ3) is 3.24. The van der Waals surface area contributed by atoms with Gasteiger partial charge in [0.2, 0.25) is 0 Å². The van der Waals surface area contributed by atoms with Crippen LogP contribution < -0.4 is 0 Å². The summed E-state index contributed by atoms with van der Waals surface area (Å²) < 4.78 is 220. The average Bonchev–Trinajstić information content (AvgIpc) is 3.69. The van der Waals surface area contributed by atoms with Crippen molar-refractivity contribution in [2.45, 2.75) is 0 Å². The molecule has 0 fully saturated rings. The first kappa shape index (κ1) is 9.33. The van der Waals surface area contributed by atoms with Crippen molar-refractivity contribution in [3.05, 3.63) is 145 Å². The highest BCUT2D eigenvalue weighted by Gasteiger charge is 2.19. The van der Waals surface area contributed by atoms with E-state index in [0.29, 0.717) is 0 Å². The minimum absolute atomic E-state index is 0.354. The molecule has 0 aliphatic heterocycles. The van der Waals surface area contributed by atoms with E-state index in [1.165, 1.54) is 0 Å². The van der Waals surface area contributed by atoms with Crippen LogP contribution in [-0.4, -0.2) is 0 Å². The molecule has 0 unspecified atom stereocenters. The van der Waals surface area contributed by atoms with Crippen LogP contribution in [0.3, 0.4) is 0 Å².